The molecule has 1 amide bonds. The van der Waals surface area contributed by atoms with Crippen LogP contribution in [-0.2, 0) is 0 Å². The fourth-order valence-electron chi connectivity index (χ4n) is 2.14. The maximum atomic E-state index is 12.2. The van der Waals surface area contributed by atoms with Gasteiger partial charge in [0.25, 0.3) is 5.91 Å². The Kier molecular flexibility index (Phi) is 5.59. The van der Waals surface area contributed by atoms with Gasteiger partial charge in [-0.3, -0.25) is 4.79 Å². The molecule has 0 aromatic heterocycles. The van der Waals surface area contributed by atoms with Crippen molar-refractivity contribution in [2.75, 3.05) is 6.61 Å². The highest BCUT2D eigenvalue weighted by molar-refractivity contribution is 5.94. The molecule has 0 heterocycles. The number of ether oxygens (including phenoxy) is 1. The number of carbonyl (C=O) groups is 1. The van der Waals surface area contributed by atoms with Crippen molar-refractivity contribution in [3.8, 4) is 5.75 Å². The molecule has 22 heavy (non-hydrogen) atoms. The molecule has 0 fully saturated rings. The van der Waals surface area contributed by atoms with E-state index in [4.69, 9.17) is 4.74 Å². The summed E-state index contributed by atoms with van der Waals surface area (Å²) in [6, 6.07) is 15.5. The Bertz CT molecular complexity index is 620. The number of aryl methyl sites for hydroxylation is 2. The average Bonchev–Trinajstić information content (AvgIpc) is 2.52. The summed E-state index contributed by atoms with van der Waals surface area (Å²) < 4.78 is 5.78. The minimum absolute atomic E-state index is 0.00526. The van der Waals surface area contributed by atoms with Crippen molar-refractivity contribution in [3.05, 3.63) is 65.2 Å². The normalized spacial score (nSPS) is 11.8. The lowest BCUT2D eigenvalue weighted by Gasteiger charge is -2.18. The van der Waals surface area contributed by atoms with E-state index in [1.807, 2.05) is 69.3 Å². The van der Waals surface area contributed by atoms with Gasteiger partial charge in [0.15, 0.2) is 0 Å². The zero-order valence-corrected chi connectivity index (χ0v) is 13.4. The molecule has 0 saturated heterocycles. The number of carbonyl (C=O) groups excluding carboxylic acids is 1. The van der Waals surface area contributed by atoms with Crippen molar-refractivity contribution in [1.82, 2.24) is 5.32 Å². The van der Waals surface area contributed by atoms with Crippen molar-refractivity contribution in [2.45, 2.75) is 33.2 Å². The number of nitrogens with one attached hydrogen (secondary N) is 1. The van der Waals surface area contributed by atoms with Gasteiger partial charge in [-0.2, -0.15) is 0 Å². The summed E-state index contributed by atoms with van der Waals surface area (Å²) in [5, 5.41) is 3.02. The van der Waals surface area contributed by atoms with E-state index in [0.717, 1.165) is 23.3 Å². The summed E-state index contributed by atoms with van der Waals surface area (Å²) in [4.78, 5) is 12.2. The molecule has 0 aliphatic carbocycles. The summed E-state index contributed by atoms with van der Waals surface area (Å²) in [5.74, 6) is 0.780. The van der Waals surface area contributed by atoms with E-state index >= 15 is 0 Å². The highest BCUT2D eigenvalue weighted by Gasteiger charge is 2.12. The molecule has 116 valence electrons. The third-order valence-electron chi connectivity index (χ3n) is 3.58. The van der Waals surface area contributed by atoms with Crippen LogP contribution >= 0.6 is 0 Å². The molecule has 3 nitrogen and oxygen atoms in total. The first-order valence-electron chi connectivity index (χ1n) is 7.65. The van der Waals surface area contributed by atoms with Gasteiger partial charge in [-0.05, 0) is 50.1 Å². The maximum absolute atomic E-state index is 12.2. The molecule has 2 rings (SSSR count). The van der Waals surface area contributed by atoms with Gasteiger partial charge < -0.3 is 10.1 Å². The monoisotopic (exact) mass is 297 g/mol. The Balaban J connectivity index is 1.91. The molecule has 0 aliphatic rings. The Hall–Kier alpha value is -2.29. The van der Waals surface area contributed by atoms with E-state index in [0.29, 0.717) is 12.2 Å². The first-order valence-corrected chi connectivity index (χ1v) is 7.65. The summed E-state index contributed by atoms with van der Waals surface area (Å²) in [6.45, 7) is 6.55. The molecule has 0 saturated carbocycles. The number of amides is 1. The first-order chi connectivity index (χ1) is 10.6. The van der Waals surface area contributed by atoms with Crippen LogP contribution < -0.4 is 10.1 Å². The quantitative estimate of drug-likeness (QED) is 0.878. The van der Waals surface area contributed by atoms with Crippen molar-refractivity contribution in [3.63, 3.8) is 0 Å². The standard InChI is InChI=1S/C19H23NO2/c1-4-17(13-22-18-7-5-6-15(3)12-18)20-19(21)16-10-8-14(2)9-11-16/h5-12,17H,4,13H2,1-3H3,(H,20,21)/t17-/m1/s1. The highest BCUT2D eigenvalue weighted by Crippen LogP contribution is 2.13. The fraction of sp³-hybridized carbons (Fsp3) is 0.316. The Morgan fingerprint density at radius 2 is 1.82 bits per heavy atom. The molecule has 0 unspecified atom stereocenters. The maximum Gasteiger partial charge on any atom is 0.251 e. The van der Waals surface area contributed by atoms with E-state index in [-0.39, 0.29) is 11.9 Å². The molecule has 2 aromatic rings. The van der Waals surface area contributed by atoms with E-state index in [9.17, 15) is 4.79 Å². The number of rotatable bonds is 6. The van der Waals surface area contributed by atoms with Crippen molar-refractivity contribution < 1.29 is 9.53 Å². The SMILES string of the molecule is CC[C@H](COc1cccc(C)c1)NC(=O)c1ccc(C)cc1. The molecule has 1 atom stereocenters. The van der Waals surface area contributed by atoms with Gasteiger partial charge in [-0.1, -0.05) is 36.8 Å². The molecule has 0 bridgehead atoms. The smallest absolute Gasteiger partial charge is 0.251 e. The van der Waals surface area contributed by atoms with E-state index in [1.54, 1.807) is 0 Å². The summed E-state index contributed by atoms with van der Waals surface area (Å²) in [6.07, 6.45) is 0.823. The van der Waals surface area contributed by atoms with Crippen LogP contribution in [0, 0.1) is 13.8 Å². The summed E-state index contributed by atoms with van der Waals surface area (Å²) in [5.41, 5.74) is 2.99. The van der Waals surface area contributed by atoms with Crippen LogP contribution in [0.4, 0.5) is 0 Å². The Morgan fingerprint density at radius 3 is 2.45 bits per heavy atom. The third kappa shape index (κ3) is 4.62. The first kappa shape index (κ1) is 16.1. The van der Waals surface area contributed by atoms with Gasteiger partial charge in [0, 0.05) is 5.56 Å². The molecule has 2 aromatic carbocycles. The molecule has 0 radical (unpaired) electrons. The second kappa shape index (κ2) is 7.64. The Morgan fingerprint density at radius 1 is 1.09 bits per heavy atom. The van der Waals surface area contributed by atoms with Crippen molar-refractivity contribution in [2.24, 2.45) is 0 Å². The second-order valence-corrected chi connectivity index (χ2v) is 5.57. The average molecular weight is 297 g/mol. The van der Waals surface area contributed by atoms with Gasteiger partial charge in [0.2, 0.25) is 0 Å². The Labute approximate surface area is 132 Å². The van der Waals surface area contributed by atoms with Crippen molar-refractivity contribution in [1.29, 1.82) is 0 Å². The molecule has 1 N–H and O–H groups in total. The topological polar surface area (TPSA) is 38.3 Å². The minimum Gasteiger partial charge on any atom is -0.491 e. The van der Waals surface area contributed by atoms with Crippen LogP contribution in [-0.4, -0.2) is 18.6 Å². The van der Waals surface area contributed by atoms with Gasteiger partial charge in [0.05, 0.1) is 6.04 Å². The molecular formula is C19H23NO2. The lowest BCUT2D eigenvalue weighted by Crippen LogP contribution is -2.38. The number of hydrogen-bond donors (Lipinski definition) is 1. The lowest BCUT2D eigenvalue weighted by molar-refractivity contribution is 0.0920. The van der Waals surface area contributed by atoms with Gasteiger partial charge >= 0.3 is 0 Å². The zero-order chi connectivity index (χ0) is 15.9. The van der Waals surface area contributed by atoms with Crippen LogP contribution in [0.15, 0.2) is 48.5 Å². The van der Waals surface area contributed by atoms with Crippen LogP contribution in [0.3, 0.4) is 0 Å². The summed E-state index contributed by atoms with van der Waals surface area (Å²) >= 11 is 0. The second-order valence-electron chi connectivity index (χ2n) is 5.57. The third-order valence-corrected chi connectivity index (χ3v) is 3.58. The van der Waals surface area contributed by atoms with Gasteiger partial charge in [-0.15, -0.1) is 0 Å². The summed E-state index contributed by atoms with van der Waals surface area (Å²) in [7, 11) is 0. The fourth-order valence-corrected chi connectivity index (χ4v) is 2.14. The molecular weight excluding hydrogens is 274 g/mol. The van der Waals surface area contributed by atoms with Gasteiger partial charge in [-0.25, -0.2) is 0 Å². The predicted octanol–water partition coefficient (Wildman–Crippen LogP) is 3.89. The lowest BCUT2D eigenvalue weighted by atomic mass is 10.1. The van der Waals surface area contributed by atoms with Crippen LogP contribution in [0.25, 0.3) is 0 Å². The van der Waals surface area contributed by atoms with Gasteiger partial charge in [0.1, 0.15) is 12.4 Å². The number of hydrogen-bond acceptors (Lipinski definition) is 2. The van der Waals surface area contributed by atoms with E-state index in [1.165, 1.54) is 0 Å². The molecule has 0 aliphatic heterocycles. The largest absolute Gasteiger partial charge is 0.491 e. The molecule has 3 heteroatoms. The number of benzene rings is 2. The predicted molar refractivity (Wildman–Crippen MR) is 89.4 cm³/mol. The van der Waals surface area contributed by atoms with E-state index < -0.39 is 0 Å². The van der Waals surface area contributed by atoms with Crippen LogP contribution in [0.2, 0.25) is 0 Å². The minimum atomic E-state index is -0.0558. The zero-order valence-electron chi connectivity index (χ0n) is 13.4. The highest BCUT2D eigenvalue weighted by atomic mass is 16.5. The van der Waals surface area contributed by atoms with Crippen molar-refractivity contribution >= 4 is 5.91 Å². The van der Waals surface area contributed by atoms with Crippen LogP contribution in [0.5, 0.6) is 5.75 Å². The van der Waals surface area contributed by atoms with Crippen LogP contribution in [0.1, 0.15) is 34.8 Å². The van der Waals surface area contributed by atoms with E-state index in [2.05, 4.69) is 5.32 Å². The molecule has 0 spiro atoms.